The quantitative estimate of drug-likeness (QED) is 0.507. The fourth-order valence-electron chi connectivity index (χ4n) is 1.92. The van der Waals surface area contributed by atoms with Gasteiger partial charge in [0.1, 0.15) is 10.7 Å². The third kappa shape index (κ3) is 3.00. The van der Waals surface area contributed by atoms with E-state index >= 15 is 0 Å². The summed E-state index contributed by atoms with van der Waals surface area (Å²) in [6, 6.07) is 12.0. The van der Waals surface area contributed by atoms with Crippen molar-refractivity contribution in [1.82, 2.24) is 0 Å². The summed E-state index contributed by atoms with van der Waals surface area (Å²) in [7, 11) is 0. The van der Waals surface area contributed by atoms with Gasteiger partial charge in [0.15, 0.2) is 0 Å². The zero-order chi connectivity index (χ0) is 14.7. The van der Waals surface area contributed by atoms with E-state index in [9.17, 15) is 10.1 Å². The Kier molecular flexibility index (Phi) is 4.10. The molecule has 0 spiro atoms. The maximum atomic E-state index is 11.1. The van der Waals surface area contributed by atoms with Gasteiger partial charge in [0.2, 0.25) is 0 Å². The molecule has 20 heavy (non-hydrogen) atoms. The van der Waals surface area contributed by atoms with Crippen LogP contribution < -0.4 is 11.1 Å². The van der Waals surface area contributed by atoms with Crippen molar-refractivity contribution in [2.45, 2.75) is 13.0 Å². The zero-order valence-electron chi connectivity index (χ0n) is 10.8. The topological polar surface area (TPSA) is 81.2 Å². The van der Waals surface area contributed by atoms with E-state index in [0.717, 1.165) is 5.56 Å². The highest BCUT2D eigenvalue weighted by Crippen LogP contribution is 2.34. The molecule has 0 aliphatic heterocycles. The van der Waals surface area contributed by atoms with Gasteiger partial charge in [0.05, 0.1) is 4.92 Å². The number of benzene rings is 2. The number of anilines is 2. The van der Waals surface area contributed by atoms with E-state index in [-0.39, 0.29) is 16.8 Å². The lowest BCUT2D eigenvalue weighted by Crippen LogP contribution is -2.08. The highest BCUT2D eigenvalue weighted by molar-refractivity contribution is 6.33. The second kappa shape index (κ2) is 5.79. The summed E-state index contributed by atoms with van der Waals surface area (Å²) in [6.45, 7) is 1.91. The molecule has 0 aromatic heterocycles. The molecule has 104 valence electrons. The molecule has 0 aliphatic rings. The largest absolute Gasteiger partial charge is 0.399 e. The molecule has 0 saturated carbocycles. The Balaban J connectivity index is 2.28. The van der Waals surface area contributed by atoms with Gasteiger partial charge in [-0.15, -0.1) is 0 Å². The molecule has 6 heteroatoms. The fraction of sp³-hybridized carbons (Fsp3) is 0.143. The molecule has 0 heterocycles. The number of nitrogen functional groups attached to an aromatic ring is 1. The van der Waals surface area contributed by atoms with Crippen LogP contribution in [0.4, 0.5) is 17.1 Å². The van der Waals surface area contributed by atoms with Crippen LogP contribution >= 0.6 is 11.6 Å². The van der Waals surface area contributed by atoms with Gasteiger partial charge in [-0.2, -0.15) is 0 Å². The molecule has 0 bridgehead atoms. The minimum atomic E-state index is -0.486. The summed E-state index contributed by atoms with van der Waals surface area (Å²) in [4.78, 5) is 10.6. The van der Waals surface area contributed by atoms with Gasteiger partial charge >= 0.3 is 5.69 Å². The first-order valence-corrected chi connectivity index (χ1v) is 6.41. The molecular formula is C14H14ClN3O2. The molecule has 1 atom stereocenters. The van der Waals surface area contributed by atoms with E-state index in [1.807, 2.05) is 19.1 Å². The lowest BCUT2D eigenvalue weighted by molar-refractivity contribution is -0.383. The number of hydrogen-bond donors (Lipinski definition) is 2. The van der Waals surface area contributed by atoms with Crippen LogP contribution in [0.5, 0.6) is 0 Å². The first kappa shape index (κ1) is 14.1. The Labute approximate surface area is 121 Å². The summed E-state index contributed by atoms with van der Waals surface area (Å²) in [5.41, 5.74) is 7.57. The Morgan fingerprint density at radius 1 is 1.25 bits per heavy atom. The number of hydrogen-bond acceptors (Lipinski definition) is 4. The van der Waals surface area contributed by atoms with Crippen molar-refractivity contribution in [3.05, 3.63) is 63.2 Å². The minimum Gasteiger partial charge on any atom is -0.399 e. The molecular weight excluding hydrogens is 278 g/mol. The Bertz CT molecular complexity index is 629. The second-order valence-corrected chi connectivity index (χ2v) is 4.83. The van der Waals surface area contributed by atoms with Gasteiger partial charge in [0.25, 0.3) is 0 Å². The molecule has 0 radical (unpaired) electrons. The van der Waals surface area contributed by atoms with Crippen molar-refractivity contribution < 1.29 is 4.92 Å². The van der Waals surface area contributed by atoms with Gasteiger partial charge in [0, 0.05) is 11.7 Å². The van der Waals surface area contributed by atoms with Crippen molar-refractivity contribution >= 4 is 28.7 Å². The standard InChI is InChI=1S/C14H14ClN3O2/c1-9(10-5-7-11(16)8-6-10)17-13-4-2-3-12(15)14(13)18(19)20/h2-9,17H,16H2,1H3. The third-order valence-electron chi connectivity index (χ3n) is 2.98. The summed E-state index contributed by atoms with van der Waals surface area (Å²) in [5.74, 6) is 0. The van der Waals surface area contributed by atoms with E-state index in [1.165, 1.54) is 6.07 Å². The number of para-hydroxylation sites is 1. The number of nitrogens with zero attached hydrogens (tertiary/aromatic N) is 1. The highest BCUT2D eigenvalue weighted by Gasteiger charge is 2.19. The maximum absolute atomic E-state index is 11.1. The Hall–Kier alpha value is -2.27. The third-order valence-corrected chi connectivity index (χ3v) is 3.28. The fourth-order valence-corrected chi connectivity index (χ4v) is 2.16. The molecule has 0 amide bonds. The molecule has 2 aromatic carbocycles. The average molecular weight is 292 g/mol. The molecule has 3 N–H and O–H groups in total. The molecule has 1 unspecified atom stereocenters. The maximum Gasteiger partial charge on any atom is 0.310 e. The van der Waals surface area contributed by atoms with Crippen LogP contribution in [0.3, 0.4) is 0 Å². The first-order chi connectivity index (χ1) is 9.49. The number of nitrogens with one attached hydrogen (secondary N) is 1. The minimum absolute atomic E-state index is 0.104. The predicted octanol–water partition coefficient (Wildman–Crippen LogP) is 4.00. The number of nitro benzene ring substituents is 1. The summed E-state index contributed by atoms with van der Waals surface area (Å²) in [6.07, 6.45) is 0. The van der Waals surface area contributed by atoms with Crippen LogP contribution in [-0.2, 0) is 0 Å². The van der Waals surface area contributed by atoms with Crippen LogP contribution in [0.1, 0.15) is 18.5 Å². The molecule has 5 nitrogen and oxygen atoms in total. The number of nitro groups is 1. The smallest absolute Gasteiger partial charge is 0.310 e. The van der Waals surface area contributed by atoms with Gasteiger partial charge in [-0.25, -0.2) is 0 Å². The SMILES string of the molecule is CC(Nc1cccc(Cl)c1[N+](=O)[O-])c1ccc(N)cc1. The second-order valence-electron chi connectivity index (χ2n) is 4.43. The predicted molar refractivity (Wildman–Crippen MR) is 81.0 cm³/mol. The van der Waals surface area contributed by atoms with Crippen molar-refractivity contribution in [2.75, 3.05) is 11.1 Å². The van der Waals surface area contributed by atoms with Gasteiger partial charge in [-0.3, -0.25) is 10.1 Å². The van der Waals surface area contributed by atoms with E-state index in [4.69, 9.17) is 17.3 Å². The van der Waals surface area contributed by atoms with Crippen LogP contribution in [-0.4, -0.2) is 4.92 Å². The van der Waals surface area contributed by atoms with Gasteiger partial charge in [-0.05, 0) is 36.8 Å². The molecule has 0 aliphatic carbocycles. The molecule has 0 saturated heterocycles. The summed E-state index contributed by atoms with van der Waals surface area (Å²) < 4.78 is 0. The van der Waals surface area contributed by atoms with Crippen LogP contribution in [0, 0.1) is 10.1 Å². The number of rotatable bonds is 4. The lowest BCUT2D eigenvalue weighted by atomic mass is 10.1. The van der Waals surface area contributed by atoms with E-state index in [1.54, 1.807) is 24.3 Å². The van der Waals surface area contributed by atoms with Crippen molar-refractivity contribution in [1.29, 1.82) is 0 Å². The van der Waals surface area contributed by atoms with E-state index in [0.29, 0.717) is 11.4 Å². The van der Waals surface area contributed by atoms with Gasteiger partial charge in [-0.1, -0.05) is 29.8 Å². The normalized spacial score (nSPS) is 11.9. The van der Waals surface area contributed by atoms with Gasteiger partial charge < -0.3 is 11.1 Å². The Morgan fingerprint density at radius 2 is 1.90 bits per heavy atom. The number of nitrogens with two attached hydrogens (primary N) is 1. The summed E-state index contributed by atoms with van der Waals surface area (Å²) >= 11 is 5.88. The molecule has 2 aromatic rings. The van der Waals surface area contributed by atoms with E-state index < -0.39 is 4.92 Å². The average Bonchev–Trinajstić information content (AvgIpc) is 2.39. The van der Waals surface area contributed by atoms with Crippen LogP contribution in [0.15, 0.2) is 42.5 Å². The highest BCUT2D eigenvalue weighted by atomic mass is 35.5. The summed E-state index contributed by atoms with van der Waals surface area (Å²) in [5, 5.41) is 14.3. The molecule has 0 fully saturated rings. The monoisotopic (exact) mass is 291 g/mol. The lowest BCUT2D eigenvalue weighted by Gasteiger charge is -2.16. The van der Waals surface area contributed by atoms with Crippen molar-refractivity contribution in [3.63, 3.8) is 0 Å². The van der Waals surface area contributed by atoms with Crippen LogP contribution in [0.2, 0.25) is 5.02 Å². The first-order valence-electron chi connectivity index (χ1n) is 6.04. The Morgan fingerprint density at radius 3 is 2.50 bits per heavy atom. The van der Waals surface area contributed by atoms with Crippen molar-refractivity contribution in [3.8, 4) is 0 Å². The van der Waals surface area contributed by atoms with E-state index in [2.05, 4.69) is 5.32 Å². The molecule has 2 rings (SSSR count). The zero-order valence-corrected chi connectivity index (χ0v) is 11.6. The number of halogens is 1. The van der Waals surface area contributed by atoms with Crippen LogP contribution in [0.25, 0.3) is 0 Å². The van der Waals surface area contributed by atoms with Crippen molar-refractivity contribution in [2.24, 2.45) is 0 Å².